The monoisotopic (exact) mass is 394 g/mol. The van der Waals surface area contributed by atoms with Crippen molar-refractivity contribution < 1.29 is 4.79 Å². The molecule has 2 N–H and O–H groups in total. The van der Waals surface area contributed by atoms with Crippen LogP contribution in [0.1, 0.15) is 48.2 Å². The third kappa shape index (κ3) is 6.93. The Labute approximate surface area is 175 Å². The molecule has 0 fully saturated rings. The van der Waals surface area contributed by atoms with E-state index >= 15 is 0 Å². The van der Waals surface area contributed by atoms with Crippen LogP contribution < -0.4 is 10.6 Å². The summed E-state index contributed by atoms with van der Waals surface area (Å²) in [6.07, 6.45) is 0. The summed E-state index contributed by atoms with van der Waals surface area (Å²) in [4.78, 5) is 18.3. The lowest BCUT2D eigenvalue weighted by molar-refractivity contribution is 0.0827. The van der Waals surface area contributed by atoms with Crippen molar-refractivity contribution in [3.63, 3.8) is 0 Å². The van der Waals surface area contributed by atoms with Gasteiger partial charge in [-0.1, -0.05) is 56.3 Å². The smallest absolute Gasteiger partial charge is 0.253 e. The highest BCUT2D eigenvalue weighted by molar-refractivity contribution is 5.93. The number of carbonyl (C=O) groups excluding carboxylic acids is 1. The molecule has 2 aromatic rings. The van der Waals surface area contributed by atoms with Crippen LogP contribution in [0.2, 0.25) is 0 Å². The van der Waals surface area contributed by atoms with Gasteiger partial charge in [-0.05, 0) is 36.1 Å². The summed E-state index contributed by atoms with van der Waals surface area (Å²) < 4.78 is 0. The number of benzene rings is 2. The Balaban J connectivity index is 2.03. The third-order valence-electron chi connectivity index (χ3n) is 4.89. The van der Waals surface area contributed by atoms with Gasteiger partial charge < -0.3 is 15.5 Å². The van der Waals surface area contributed by atoms with Gasteiger partial charge in [-0.2, -0.15) is 0 Å². The van der Waals surface area contributed by atoms with Crippen LogP contribution in [-0.4, -0.2) is 44.0 Å². The van der Waals surface area contributed by atoms with E-state index in [1.165, 1.54) is 5.56 Å². The molecule has 0 aliphatic heterocycles. The molecule has 2 aromatic carbocycles. The Hall–Kier alpha value is -2.82. The summed E-state index contributed by atoms with van der Waals surface area (Å²) in [5.41, 5.74) is 3.10. The summed E-state index contributed by atoms with van der Waals surface area (Å²) in [6, 6.07) is 18.3. The standard InChI is InChI=1S/C24H34N4O/c1-6-25-24(27-17-22(18(2)3)20-10-8-7-9-11-20)26-16-19-12-14-21(15-13-19)23(29)28(4)5/h7-15,18,22H,6,16-17H2,1-5H3,(H2,25,26,27). The maximum absolute atomic E-state index is 12.0. The fourth-order valence-corrected chi connectivity index (χ4v) is 3.17. The van der Waals surface area contributed by atoms with Crippen LogP contribution in [-0.2, 0) is 6.54 Å². The van der Waals surface area contributed by atoms with Crippen molar-refractivity contribution in [2.24, 2.45) is 10.9 Å². The van der Waals surface area contributed by atoms with E-state index in [-0.39, 0.29) is 5.91 Å². The van der Waals surface area contributed by atoms with Gasteiger partial charge in [0, 0.05) is 38.7 Å². The van der Waals surface area contributed by atoms with E-state index in [0.29, 0.717) is 23.9 Å². The molecule has 0 radical (unpaired) electrons. The largest absolute Gasteiger partial charge is 0.357 e. The molecule has 0 aliphatic carbocycles. The Morgan fingerprint density at radius 3 is 2.21 bits per heavy atom. The van der Waals surface area contributed by atoms with Gasteiger partial charge in [0.15, 0.2) is 5.96 Å². The van der Waals surface area contributed by atoms with Crippen LogP contribution in [0.25, 0.3) is 0 Å². The molecular formula is C24H34N4O. The Morgan fingerprint density at radius 1 is 1.00 bits per heavy atom. The Bertz CT molecular complexity index is 782. The second kappa shape index (κ2) is 11.2. The van der Waals surface area contributed by atoms with E-state index in [0.717, 1.165) is 24.6 Å². The zero-order chi connectivity index (χ0) is 21.2. The predicted octanol–water partition coefficient (Wildman–Crippen LogP) is 3.88. The van der Waals surface area contributed by atoms with E-state index in [2.05, 4.69) is 61.7 Å². The van der Waals surface area contributed by atoms with Gasteiger partial charge in [-0.3, -0.25) is 4.79 Å². The lowest BCUT2D eigenvalue weighted by Crippen LogP contribution is -2.40. The number of guanidine groups is 1. The molecule has 5 nitrogen and oxygen atoms in total. The minimum absolute atomic E-state index is 0.00990. The minimum Gasteiger partial charge on any atom is -0.357 e. The molecule has 0 heterocycles. The number of nitrogens with one attached hydrogen (secondary N) is 2. The quantitative estimate of drug-likeness (QED) is 0.528. The maximum atomic E-state index is 12.0. The summed E-state index contributed by atoms with van der Waals surface area (Å²) in [6.45, 7) is 8.75. The van der Waals surface area contributed by atoms with Crippen LogP contribution in [0, 0.1) is 5.92 Å². The fourth-order valence-electron chi connectivity index (χ4n) is 3.17. The highest BCUT2D eigenvalue weighted by Gasteiger charge is 2.16. The van der Waals surface area contributed by atoms with Gasteiger partial charge in [0.25, 0.3) is 5.91 Å². The molecule has 1 atom stereocenters. The second-order valence-corrected chi connectivity index (χ2v) is 7.73. The van der Waals surface area contributed by atoms with Crippen LogP contribution in [0.5, 0.6) is 0 Å². The van der Waals surface area contributed by atoms with Crippen LogP contribution in [0.3, 0.4) is 0 Å². The summed E-state index contributed by atoms with van der Waals surface area (Å²) >= 11 is 0. The first kappa shape index (κ1) is 22.5. The number of amides is 1. The Morgan fingerprint density at radius 2 is 1.66 bits per heavy atom. The van der Waals surface area contributed by atoms with Gasteiger partial charge in [0.05, 0.1) is 6.54 Å². The lowest BCUT2D eigenvalue weighted by Gasteiger charge is -2.23. The van der Waals surface area contributed by atoms with Gasteiger partial charge >= 0.3 is 0 Å². The zero-order valence-electron chi connectivity index (χ0n) is 18.3. The Kier molecular flexibility index (Phi) is 8.71. The lowest BCUT2D eigenvalue weighted by atomic mass is 9.88. The SMILES string of the molecule is CCNC(=NCc1ccc(C(=O)N(C)C)cc1)NCC(c1ccccc1)C(C)C. The first-order valence-corrected chi connectivity index (χ1v) is 10.3. The molecule has 0 saturated heterocycles. The third-order valence-corrected chi connectivity index (χ3v) is 4.89. The molecule has 1 unspecified atom stereocenters. The van der Waals surface area contributed by atoms with Gasteiger partial charge in [0.1, 0.15) is 0 Å². The number of rotatable bonds is 8. The molecule has 1 amide bonds. The van der Waals surface area contributed by atoms with Gasteiger partial charge in [-0.15, -0.1) is 0 Å². The van der Waals surface area contributed by atoms with Crippen molar-refractivity contribution in [2.45, 2.75) is 33.2 Å². The molecule has 29 heavy (non-hydrogen) atoms. The van der Waals surface area contributed by atoms with Crippen molar-refractivity contribution in [1.29, 1.82) is 0 Å². The number of hydrogen-bond donors (Lipinski definition) is 2. The van der Waals surface area contributed by atoms with Gasteiger partial charge in [-0.25, -0.2) is 4.99 Å². The second-order valence-electron chi connectivity index (χ2n) is 7.73. The molecule has 0 aromatic heterocycles. The molecule has 0 aliphatic rings. The van der Waals surface area contributed by atoms with E-state index in [1.807, 2.05) is 24.3 Å². The summed E-state index contributed by atoms with van der Waals surface area (Å²) in [5, 5.41) is 6.81. The topological polar surface area (TPSA) is 56.7 Å². The molecule has 156 valence electrons. The summed E-state index contributed by atoms with van der Waals surface area (Å²) in [7, 11) is 3.52. The van der Waals surface area contributed by atoms with Crippen LogP contribution in [0.15, 0.2) is 59.6 Å². The first-order valence-electron chi connectivity index (χ1n) is 10.3. The van der Waals surface area contributed by atoms with Crippen molar-refractivity contribution in [3.8, 4) is 0 Å². The summed E-state index contributed by atoms with van der Waals surface area (Å²) in [5.74, 6) is 1.75. The normalized spacial score (nSPS) is 12.6. The number of nitrogens with zero attached hydrogens (tertiary/aromatic N) is 2. The first-order chi connectivity index (χ1) is 13.9. The van der Waals surface area contributed by atoms with Crippen LogP contribution >= 0.6 is 0 Å². The molecule has 0 spiro atoms. The number of aliphatic imine (C=N–C) groups is 1. The average molecular weight is 395 g/mol. The maximum Gasteiger partial charge on any atom is 0.253 e. The van der Waals surface area contributed by atoms with E-state index in [1.54, 1.807) is 19.0 Å². The van der Waals surface area contributed by atoms with Crippen molar-refractivity contribution in [1.82, 2.24) is 15.5 Å². The van der Waals surface area contributed by atoms with E-state index in [4.69, 9.17) is 4.99 Å². The predicted molar refractivity (Wildman–Crippen MR) is 121 cm³/mol. The molecule has 0 saturated carbocycles. The fraction of sp³-hybridized carbons (Fsp3) is 0.417. The van der Waals surface area contributed by atoms with Crippen molar-refractivity contribution in [3.05, 3.63) is 71.3 Å². The zero-order valence-corrected chi connectivity index (χ0v) is 18.3. The number of carbonyl (C=O) groups is 1. The molecular weight excluding hydrogens is 360 g/mol. The van der Waals surface area contributed by atoms with Crippen molar-refractivity contribution in [2.75, 3.05) is 27.2 Å². The average Bonchev–Trinajstić information content (AvgIpc) is 2.72. The van der Waals surface area contributed by atoms with Gasteiger partial charge in [0.2, 0.25) is 0 Å². The highest BCUT2D eigenvalue weighted by atomic mass is 16.2. The molecule has 0 bridgehead atoms. The highest BCUT2D eigenvalue weighted by Crippen LogP contribution is 2.23. The molecule has 5 heteroatoms. The molecule has 2 rings (SSSR count). The van der Waals surface area contributed by atoms with E-state index in [9.17, 15) is 4.79 Å². The van der Waals surface area contributed by atoms with E-state index < -0.39 is 0 Å². The van der Waals surface area contributed by atoms with Crippen molar-refractivity contribution >= 4 is 11.9 Å². The van der Waals surface area contributed by atoms with Crippen LogP contribution in [0.4, 0.5) is 0 Å². The number of hydrogen-bond acceptors (Lipinski definition) is 2. The minimum atomic E-state index is 0.00990.